The SMILES string of the molecule is Cc1ccc2c(C(=O)Nc3cccc(S(N)(=O)=O)c3)n(CC3CCCCO3)nc2c1. The summed E-state index contributed by atoms with van der Waals surface area (Å²) in [6, 6.07) is 11.6. The van der Waals surface area contributed by atoms with Gasteiger partial charge in [0.05, 0.1) is 23.1 Å². The molecule has 0 saturated carbocycles. The van der Waals surface area contributed by atoms with Gasteiger partial charge >= 0.3 is 0 Å². The van der Waals surface area contributed by atoms with Crippen LogP contribution in [0.3, 0.4) is 0 Å². The molecule has 1 saturated heterocycles. The third kappa shape index (κ3) is 4.38. The second-order valence-corrected chi connectivity index (χ2v) is 9.13. The minimum Gasteiger partial charge on any atom is -0.376 e. The van der Waals surface area contributed by atoms with Crippen molar-refractivity contribution in [1.29, 1.82) is 0 Å². The van der Waals surface area contributed by atoms with Crippen molar-refractivity contribution in [1.82, 2.24) is 9.78 Å². The molecule has 8 nitrogen and oxygen atoms in total. The molecule has 30 heavy (non-hydrogen) atoms. The maximum absolute atomic E-state index is 13.2. The summed E-state index contributed by atoms with van der Waals surface area (Å²) in [5.74, 6) is -0.372. The Balaban J connectivity index is 1.69. The molecule has 1 atom stereocenters. The molecule has 3 aromatic rings. The van der Waals surface area contributed by atoms with Crippen LogP contribution in [0.5, 0.6) is 0 Å². The van der Waals surface area contributed by atoms with E-state index in [1.54, 1.807) is 10.7 Å². The number of nitrogens with two attached hydrogens (primary N) is 1. The Morgan fingerprint density at radius 2 is 2.10 bits per heavy atom. The van der Waals surface area contributed by atoms with Gasteiger partial charge in [-0.25, -0.2) is 13.6 Å². The first kappa shape index (κ1) is 20.5. The van der Waals surface area contributed by atoms with Gasteiger partial charge in [-0.2, -0.15) is 5.10 Å². The van der Waals surface area contributed by atoms with E-state index in [4.69, 9.17) is 9.88 Å². The smallest absolute Gasteiger partial charge is 0.274 e. The van der Waals surface area contributed by atoms with Crippen LogP contribution in [0.1, 0.15) is 35.3 Å². The number of carbonyl (C=O) groups excluding carboxylic acids is 1. The van der Waals surface area contributed by atoms with E-state index in [-0.39, 0.29) is 16.9 Å². The number of ether oxygens (including phenoxy) is 1. The van der Waals surface area contributed by atoms with Crippen LogP contribution >= 0.6 is 0 Å². The molecule has 9 heteroatoms. The molecule has 0 spiro atoms. The number of nitrogens with one attached hydrogen (secondary N) is 1. The number of nitrogens with zero attached hydrogens (tertiary/aromatic N) is 2. The zero-order chi connectivity index (χ0) is 21.3. The van der Waals surface area contributed by atoms with Crippen molar-refractivity contribution < 1.29 is 17.9 Å². The second kappa shape index (κ2) is 8.17. The third-order valence-corrected chi connectivity index (χ3v) is 6.09. The van der Waals surface area contributed by atoms with Crippen LogP contribution in [0.4, 0.5) is 5.69 Å². The lowest BCUT2D eigenvalue weighted by Crippen LogP contribution is -2.28. The van der Waals surface area contributed by atoms with E-state index in [1.807, 2.05) is 25.1 Å². The van der Waals surface area contributed by atoms with Crippen LogP contribution in [-0.4, -0.2) is 36.8 Å². The zero-order valence-electron chi connectivity index (χ0n) is 16.7. The highest BCUT2D eigenvalue weighted by Crippen LogP contribution is 2.24. The van der Waals surface area contributed by atoms with Gasteiger partial charge in [-0.15, -0.1) is 0 Å². The predicted octanol–water partition coefficient (Wildman–Crippen LogP) is 2.81. The molecule has 2 heterocycles. The van der Waals surface area contributed by atoms with E-state index < -0.39 is 10.0 Å². The molecule has 0 bridgehead atoms. The zero-order valence-corrected chi connectivity index (χ0v) is 17.5. The number of aryl methyl sites for hydroxylation is 1. The van der Waals surface area contributed by atoms with E-state index in [9.17, 15) is 13.2 Å². The van der Waals surface area contributed by atoms with Gasteiger partial charge < -0.3 is 10.1 Å². The highest BCUT2D eigenvalue weighted by molar-refractivity contribution is 7.89. The molecule has 0 radical (unpaired) electrons. The van der Waals surface area contributed by atoms with Gasteiger partial charge in [0.2, 0.25) is 10.0 Å². The lowest BCUT2D eigenvalue weighted by Gasteiger charge is -2.23. The molecular formula is C21H24N4O4S. The number of anilines is 1. The number of hydrogen-bond acceptors (Lipinski definition) is 5. The average molecular weight is 429 g/mol. The quantitative estimate of drug-likeness (QED) is 0.648. The number of rotatable bonds is 5. The molecule has 1 fully saturated rings. The van der Waals surface area contributed by atoms with Gasteiger partial charge in [-0.3, -0.25) is 9.48 Å². The summed E-state index contributed by atoms with van der Waals surface area (Å²) < 4.78 is 30.8. The predicted molar refractivity (Wildman–Crippen MR) is 114 cm³/mol. The molecule has 1 amide bonds. The molecule has 1 aliphatic rings. The van der Waals surface area contributed by atoms with Crippen molar-refractivity contribution in [2.45, 2.75) is 43.7 Å². The first-order valence-electron chi connectivity index (χ1n) is 9.84. The Bertz CT molecular complexity index is 1200. The average Bonchev–Trinajstić information content (AvgIpc) is 3.05. The minimum atomic E-state index is -3.87. The Morgan fingerprint density at radius 1 is 1.27 bits per heavy atom. The van der Waals surface area contributed by atoms with Crippen LogP contribution < -0.4 is 10.5 Å². The summed E-state index contributed by atoms with van der Waals surface area (Å²) in [5, 5.41) is 13.4. The third-order valence-electron chi connectivity index (χ3n) is 5.18. The van der Waals surface area contributed by atoms with Crippen molar-refractivity contribution >= 4 is 32.5 Å². The van der Waals surface area contributed by atoms with Crippen LogP contribution in [0.25, 0.3) is 10.9 Å². The van der Waals surface area contributed by atoms with Crippen molar-refractivity contribution in [3.63, 3.8) is 0 Å². The van der Waals surface area contributed by atoms with E-state index in [0.717, 1.165) is 35.7 Å². The standard InChI is InChI=1S/C21H24N4O4S/c1-14-8-9-18-19(11-14)24-25(13-16-6-2-3-10-29-16)20(18)21(26)23-15-5-4-7-17(12-15)30(22,27)28/h4-5,7-9,11-12,16H,2-3,6,10,13H2,1H3,(H,23,26)(H2,22,27,28). The maximum atomic E-state index is 13.2. The van der Waals surface area contributed by atoms with Gasteiger partial charge in [-0.1, -0.05) is 18.2 Å². The topological polar surface area (TPSA) is 116 Å². The highest BCUT2D eigenvalue weighted by atomic mass is 32.2. The van der Waals surface area contributed by atoms with E-state index >= 15 is 0 Å². The first-order valence-corrected chi connectivity index (χ1v) is 11.4. The maximum Gasteiger partial charge on any atom is 0.274 e. The van der Waals surface area contributed by atoms with E-state index in [2.05, 4.69) is 10.4 Å². The Morgan fingerprint density at radius 3 is 2.83 bits per heavy atom. The van der Waals surface area contributed by atoms with Crippen LogP contribution in [0, 0.1) is 6.92 Å². The second-order valence-electron chi connectivity index (χ2n) is 7.57. The molecule has 4 rings (SSSR count). The van der Waals surface area contributed by atoms with Crippen LogP contribution in [-0.2, 0) is 21.3 Å². The minimum absolute atomic E-state index is 0.00594. The summed E-state index contributed by atoms with van der Waals surface area (Å²) in [7, 11) is -3.87. The molecule has 1 aromatic heterocycles. The molecule has 3 N–H and O–H groups in total. The van der Waals surface area contributed by atoms with Gasteiger partial charge in [0, 0.05) is 17.7 Å². The number of amides is 1. The number of carbonyl (C=O) groups is 1. The van der Waals surface area contributed by atoms with Crippen molar-refractivity contribution in [2.75, 3.05) is 11.9 Å². The van der Waals surface area contributed by atoms with Gasteiger partial charge in [0.25, 0.3) is 5.91 Å². The Labute approximate surface area is 175 Å². The monoisotopic (exact) mass is 428 g/mol. The summed E-state index contributed by atoms with van der Waals surface area (Å²) in [4.78, 5) is 13.1. The summed E-state index contributed by atoms with van der Waals surface area (Å²) in [6.45, 7) is 3.17. The summed E-state index contributed by atoms with van der Waals surface area (Å²) in [6.07, 6.45) is 3.07. The number of benzene rings is 2. The van der Waals surface area contributed by atoms with Crippen molar-refractivity contribution in [3.8, 4) is 0 Å². The van der Waals surface area contributed by atoms with Crippen molar-refractivity contribution in [3.05, 3.63) is 53.7 Å². The fraction of sp³-hybridized carbons (Fsp3) is 0.333. The summed E-state index contributed by atoms with van der Waals surface area (Å²) >= 11 is 0. The number of sulfonamides is 1. The number of primary sulfonamides is 1. The molecule has 158 valence electrons. The van der Waals surface area contributed by atoms with Crippen LogP contribution in [0.15, 0.2) is 47.4 Å². The fourth-order valence-electron chi connectivity index (χ4n) is 3.70. The van der Waals surface area contributed by atoms with Gasteiger partial charge in [0.1, 0.15) is 5.69 Å². The number of hydrogen-bond donors (Lipinski definition) is 2. The van der Waals surface area contributed by atoms with Crippen LogP contribution in [0.2, 0.25) is 0 Å². The van der Waals surface area contributed by atoms with Gasteiger partial charge in [0.15, 0.2) is 0 Å². The lowest BCUT2D eigenvalue weighted by molar-refractivity contribution is 0.00379. The normalized spacial score (nSPS) is 17.2. The molecule has 2 aromatic carbocycles. The largest absolute Gasteiger partial charge is 0.376 e. The number of aromatic nitrogens is 2. The Kier molecular flexibility index (Phi) is 5.59. The summed E-state index contributed by atoms with van der Waals surface area (Å²) in [5.41, 5.74) is 2.54. The number of fused-ring (bicyclic) bond motifs is 1. The first-order chi connectivity index (χ1) is 14.3. The van der Waals surface area contributed by atoms with E-state index in [1.165, 1.54) is 18.2 Å². The van der Waals surface area contributed by atoms with E-state index in [0.29, 0.717) is 24.5 Å². The van der Waals surface area contributed by atoms with Crippen molar-refractivity contribution in [2.24, 2.45) is 5.14 Å². The highest BCUT2D eigenvalue weighted by Gasteiger charge is 2.23. The molecule has 1 aliphatic heterocycles. The molecule has 0 aliphatic carbocycles. The lowest BCUT2D eigenvalue weighted by atomic mass is 10.1. The van der Waals surface area contributed by atoms with Gasteiger partial charge in [-0.05, 0) is 56.0 Å². The fourth-order valence-corrected chi connectivity index (χ4v) is 4.26. The molecule has 1 unspecified atom stereocenters. The Hall–Kier alpha value is -2.75. The molecular weight excluding hydrogens is 404 g/mol.